The first-order valence-corrected chi connectivity index (χ1v) is 11.7. The number of benzene rings is 1. The summed E-state index contributed by atoms with van der Waals surface area (Å²) in [6.07, 6.45) is 10.1. The fourth-order valence-electron chi connectivity index (χ4n) is 4.50. The molecule has 0 bridgehead atoms. The van der Waals surface area contributed by atoms with Crippen LogP contribution in [0.4, 0.5) is 0 Å². The topological polar surface area (TPSA) is 65.8 Å². The van der Waals surface area contributed by atoms with E-state index >= 15 is 0 Å². The highest BCUT2D eigenvalue weighted by atomic mass is 32.2. The lowest BCUT2D eigenvalue weighted by Crippen LogP contribution is -2.43. The van der Waals surface area contributed by atoms with Crippen molar-refractivity contribution >= 4 is 11.8 Å². The normalized spacial score (nSPS) is 19.7. The van der Waals surface area contributed by atoms with Crippen LogP contribution in [0.1, 0.15) is 42.4 Å². The van der Waals surface area contributed by atoms with E-state index in [0.29, 0.717) is 19.3 Å². The van der Waals surface area contributed by atoms with Gasteiger partial charge in [-0.3, -0.25) is 4.98 Å². The van der Waals surface area contributed by atoms with Gasteiger partial charge in [0.25, 0.3) is 0 Å². The zero-order chi connectivity index (χ0) is 20.3. The molecular formula is C23H30N2O3S. The molecule has 1 aromatic carbocycles. The first-order valence-electron chi connectivity index (χ1n) is 10.5. The second kappa shape index (κ2) is 9.04. The molecule has 1 aliphatic carbocycles. The number of aryl methyl sites for hydroxylation is 1. The Morgan fingerprint density at radius 1 is 1.24 bits per heavy atom. The Morgan fingerprint density at radius 2 is 2.07 bits per heavy atom. The van der Waals surface area contributed by atoms with Crippen molar-refractivity contribution in [2.45, 2.75) is 55.3 Å². The maximum Gasteiger partial charge on any atom is 0.198 e. The van der Waals surface area contributed by atoms with Gasteiger partial charge in [-0.05, 0) is 61.6 Å². The summed E-state index contributed by atoms with van der Waals surface area (Å²) in [6, 6.07) is 7.97. The summed E-state index contributed by atoms with van der Waals surface area (Å²) < 4.78 is 5.91. The van der Waals surface area contributed by atoms with Gasteiger partial charge < -0.3 is 19.8 Å². The molecule has 2 heterocycles. The third kappa shape index (κ3) is 4.61. The number of hydrogen-bond donors (Lipinski definition) is 2. The van der Waals surface area contributed by atoms with Gasteiger partial charge in [-0.25, -0.2) is 0 Å². The van der Waals surface area contributed by atoms with Gasteiger partial charge in [0.15, 0.2) is 6.29 Å². The maximum atomic E-state index is 10.9. The van der Waals surface area contributed by atoms with Gasteiger partial charge >= 0.3 is 0 Å². The highest BCUT2D eigenvalue weighted by Gasteiger charge is 2.34. The predicted octanol–water partition coefficient (Wildman–Crippen LogP) is 3.36. The molecule has 2 N–H and O–H groups in total. The number of nitrogens with zero attached hydrogens (tertiary/aromatic N) is 2. The smallest absolute Gasteiger partial charge is 0.198 e. The summed E-state index contributed by atoms with van der Waals surface area (Å²) in [4.78, 5) is 7.60. The molecule has 0 spiro atoms. The summed E-state index contributed by atoms with van der Waals surface area (Å²) >= 11 is 1.71. The quantitative estimate of drug-likeness (QED) is 0.535. The van der Waals surface area contributed by atoms with E-state index in [4.69, 9.17) is 4.74 Å². The SMILES string of the molecule is CSc1c(O[C@H](O)CCN2CCC(O)(c3cccnc3)CC2)ccc2c1CCC2. The van der Waals surface area contributed by atoms with Crippen molar-refractivity contribution in [3.05, 3.63) is 53.3 Å². The van der Waals surface area contributed by atoms with Crippen LogP contribution in [0.15, 0.2) is 41.6 Å². The molecule has 0 saturated carbocycles. The molecule has 1 atom stereocenters. The van der Waals surface area contributed by atoms with Crippen LogP contribution >= 0.6 is 11.8 Å². The lowest BCUT2D eigenvalue weighted by Gasteiger charge is -2.38. The molecule has 1 fully saturated rings. The standard InChI is InChI=1S/C23H30N2O3S/c1-29-22-19-6-2-4-17(19)7-8-20(22)28-21(26)9-13-25-14-10-23(27,11-15-25)18-5-3-12-24-16-18/h3,5,7-8,12,16,21,26-27H,2,4,6,9-11,13-15H2,1H3/t21-/m0/s1. The Kier molecular flexibility index (Phi) is 6.44. The van der Waals surface area contributed by atoms with Crippen molar-refractivity contribution in [3.8, 4) is 5.75 Å². The minimum atomic E-state index is -0.820. The van der Waals surface area contributed by atoms with Gasteiger partial charge in [0, 0.05) is 44.0 Å². The van der Waals surface area contributed by atoms with E-state index < -0.39 is 11.9 Å². The van der Waals surface area contributed by atoms with Gasteiger partial charge in [-0.15, -0.1) is 11.8 Å². The monoisotopic (exact) mass is 414 g/mol. The zero-order valence-corrected chi connectivity index (χ0v) is 17.8. The Bertz CT molecular complexity index is 822. The molecule has 4 rings (SSSR count). The molecule has 2 aromatic rings. The van der Waals surface area contributed by atoms with Crippen molar-refractivity contribution < 1.29 is 14.9 Å². The molecule has 156 valence electrons. The number of aliphatic hydroxyl groups excluding tert-OH is 1. The second-order valence-corrected chi connectivity index (χ2v) is 8.88. The number of likely N-dealkylation sites (tertiary alicyclic amines) is 1. The van der Waals surface area contributed by atoms with E-state index in [9.17, 15) is 10.2 Å². The van der Waals surface area contributed by atoms with Gasteiger partial charge in [-0.2, -0.15) is 0 Å². The van der Waals surface area contributed by atoms with Crippen LogP contribution in [0, 0.1) is 0 Å². The molecule has 6 heteroatoms. The summed E-state index contributed by atoms with van der Waals surface area (Å²) in [5.74, 6) is 0.801. The molecule has 1 aliphatic heterocycles. The summed E-state index contributed by atoms with van der Waals surface area (Å²) in [5.41, 5.74) is 2.92. The fraction of sp³-hybridized carbons (Fsp3) is 0.522. The third-order valence-electron chi connectivity index (χ3n) is 6.24. The average molecular weight is 415 g/mol. The summed E-state index contributed by atoms with van der Waals surface area (Å²) in [5, 5.41) is 21.4. The Morgan fingerprint density at radius 3 is 2.79 bits per heavy atom. The van der Waals surface area contributed by atoms with Crippen LogP contribution in [0.25, 0.3) is 0 Å². The van der Waals surface area contributed by atoms with Gasteiger partial charge in [0.05, 0.1) is 10.5 Å². The Labute approximate surface area is 177 Å². The molecule has 1 aromatic heterocycles. The number of ether oxygens (including phenoxy) is 1. The molecule has 0 unspecified atom stereocenters. The predicted molar refractivity (Wildman–Crippen MR) is 115 cm³/mol. The van der Waals surface area contributed by atoms with Gasteiger partial charge in [0.1, 0.15) is 5.75 Å². The minimum Gasteiger partial charge on any atom is -0.464 e. The number of thioether (sulfide) groups is 1. The van der Waals surface area contributed by atoms with E-state index in [1.807, 2.05) is 18.2 Å². The lowest BCUT2D eigenvalue weighted by atomic mass is 9.85. The number of piperidine rings is 1. The highest BCUT2D eigenvalue weighted by Crippen LogP contribution is 2.38. The molecule has 2 aliphatic rings. The number of aromatic nitrogens is 1. The largest absolute Gasteiger partial charge is 0.464 e. The molecule has 1 saturated heterocycles. The molecule has 29 heavy (non-hydrogen) atoms. The van der Waals surface area contributed by atoms with E-state index in [-0.39, 0.29) is 0 Å². The average Bonchev–Trinajstić information content (AvgIpc) is 3.23. The van der Waals surface area contributed by atoms with Crippen molar-refractivity contribution in [2.24, 2.45) is 0 Å². The van der Waals surface area contributed by atoms with Gasteiger partial charge in [-0.1, -0.05) is 12.1 Å². The van der Waals surface area contributed by atoms with E-state index in [0.717, 1.165) is 43.8 Å². The van der Waals surface area contributed by atoms with Crippen LogP contribution in [-0.4, -0.2) is 52.3 Å². The first kappa shape index (κ1) is 20.7. The van der Waals surface area contributed by atoms with Crippen molar-refractivity contribution in [1.82, 2.24) is 9.88 Å². The molecule has 5 nitrogen and oxygen atoms in total. The zero-order valence-electron chi connectivity index (χ0n) is 17.0. The number of hydrogen-bond acceptors (Lipinski definition) is 6. The van der Waals surface area contributed by atoms with Crippen LogP contribution in [0.5, 0.6) is 5.75 Å². The summed E-state index contributed by atoms with van der Waals surface area (Å²) in [6.45, 7) is 2.35. The number of pyridine rings is 1. The second-order valence-electron chi connectivity index (χ2n) is 8.06. The molecule has 0 amide bonds. The minimum absolute atomic E-state index is 0.552. The van der Waals surface area contributed by atoms with Crippen molar-refractivity contribution in [2.75, 3.05) is 25.9 Å². The molecular weight excluding hydrogens is 384 g/mol. The maximum absolute atomic E-state index is 10.9. The Balaban J connectivity index is 1.29. The number of fused-ring (bicyclic) bond motifs is 1. The van der Waals surface area contributed by atoms with E-state index in [1.54, 1.807) is 24.2 Å². The summed E-state index contributed by atoms with van der Waals surface area (Å²) in [7, 11) is 0. The van der Waals surface area contributed by atoms with Crippen LogP contribution in [-0.2, 0) is 18.4 Å². The third-order valence-corrected chi connectivity index (χ3v) is 7.09. The number of aliphatic hydroxyl groups is 2. The van der Waals surface area contributed by atoms with Crippen LogP contribution in [0.2, 0.25) is 0 Å². The van der Waals surface area contributed by atoms with Gasteiger partial charge in [0.2, 0.25) is 0 Å². The van der Waals surface area contributed by atoms with Crippen molar-refractivity contribution in [1.29, 1.82) is 0 Å². The van der Waals surface area contributed by atoms with E-state index in [1.165, 1.54) is 22.4 Å². The lowest BCUT2D eigenvalue weighted by molar-refractivity contribution is -0.0486. The number of rotatable bonds is 7. The fourth-order valence-corrected chi connectivity index (χ4v) is 5.30. The van der Waals surface area contributed by atoms with Crippen LogP contribution < -0.4 is 4.74 Å². The first-order chi connectivity index (χ1) is 14.1. The van der Waals surface area contributed by atoms with Crippen LogP contribution in [0.3, 0.4) is 0 Å². The van der Waals surface area contributed by atoms with Crippen molar-refractivity contribution in [3.63, 3.8) is 0 Å². The van der Waals surface area contributed by atoms with E-state index in [2.05, 4.69) is 22.2 Å². The highest BCUT2D eigenvalue weighted by molar-refractivity contribution is 7.98. The Hall–Kier alpha value is -1.60. The molecule has 0 radical (unpaired) electrons.